The molecule has 0 N–H and O–H groups in total. The Balaban J connectivity index is 2.20. The summed E-state index contributed by atoms with van der Waals surface area (Å²) in [4.78, 5) is 14.4. The van der Waals surface area contributed by atoms with Gasteiger partial charge in [0.1, 0.15) is 0 Å². The molecule has 0 aromatic heterocycles. The van der Waals surface area contributed by atoms with Gasteiger partial charge in [0.25, 0.3) is 5.91 Å². The number of halogens is 1. The van der Waals surface area contributed by atoms with Crippen molar-refractivity contribution < 1.29 is 4.79 Å². The number of benzene rings is 2. The fourth-order valence-corrected chi connectivity index (χ4v) is 3.19. The number of hydrogen-bond acceptors (Lipinski definition) is 2. The highest BCUT2D eigenvalue weighted by Gasteiger charge is 2.17. The van der Waals surface area contributed by atoms with Gasteiger partial charge in [-0.1, -0.05) is 28.1 Å². The van der Waals surface area contributed by atoms with E-state index >= 15 is 0 Å². The van der Waals surface area contributed by atoms with Crippen LogP contribution in [0.5, 0.6) is 0 Å². The maximum absolute atomic E-state index is 12.6. The van der Waals surface area contributed by atoms with Crippen molar-refractivity contribution in [3.8, 4) is 0 Å². The number of amides is 1. The monoisotopic (exact) mass is 365 g/mol. The van der Waals surface area contributed by atoms with Gasteiger partial charge in [-0.15, -0.1) is 0 Å². The van der Waals surface area contributed by atoms with Gasteiger partial charge in [-0.3, -0.25) is 4.79 Å². The Bertz CT molecular complexity index is 644. The lowest BCUT2D eigenvalue weighted by Gasteiger charge is -2.25. The molecule has 4 heteroatoms. The fraction of sp³-hybridized carbons (Fsp3) is 0.353. The summed E-state index contributed by atoms with van der Waals surface area (Å²) < 4.78 is 1.05. The van der Waals surface area contributed by atoms with Crippen LogP contribution in [0.1, 0.15) is 23.7 Å². The van der Waals surface area contributed by atoms with E-state index in [1.165, 1.54) is 0 Å². The maximum atomic E-state index is 12.6. The number of thioether (sulfide) groups is 1. The highest BCUT2D eigenvalue weighted by Crippen LogP contribution is 2.22. The van der Waals surface area contributed by atoms with Crippen LogP contribution in [-0.4, -0.2) is 35.9 Å². The van der Waals surface area contributed by atoms with Crippen LogP contribution in [0, 0.1) is 0 Å². The lowest BCUT2D eigenvalue weighted by molar-refractivity contribution is 0.0741. The summed E-state index contributed by atoms with van der Waals surface area (Å²) in [5, 5.41) is 2.23. The molecule has 2 rings (SSSR count). The van der Waals surface area contributed by atoms with Crippen LogP contribution in [-0.2, 0) is 0 Å². The molecule has 0 aliphatic carbocycles. The van der Waals surface area contributed by atoms with E-state index in [0.717, 1.165) is 33.0 Å². The van der Waals surface area contributed by atoms with Crippen LogP contribution >= 0.6 is 27.7 Å². The first-order valence-corrected chi connectivity index (χ1v) is 9.17. The first-order valence-electron chi connectivity index (χ1n) is 6.98. The Morgan fingerprint density at radius 1 is 1.24 bits per heavy atom. The van der Waals surface area contributed by atoms with E-state index in [1.807, 2.05) is 54.0 Å². The number of fused-ring (bicyclic) bond motifs is 1. The second-order valence-electron chi connectivity index (χ2n) is 5.25. The van der Waals surface area contributed by atoms with Gasteiger partial charge < -0.3 is 4.90 Å². The molecule has 0 heterocycles. The standard InChI is InChI=1S/C17H20BrNOS/c1-12(8-9-21-3)19(2)17(20)15-5-4-14-11-16(18)7-6-13(14)10-15/h4-7,10-12H,8-9H2,1-3H3. The van der Waals surface area contributed by atoms with Gasteiger partial charge >= 0.3 is 0 Å². The van der Waals surface area contributed by atoms with E-state index in [9.17, 15) is 4.79 Å². The Morgan fingerprint density at radius 2 is 1.90 bits per heavy atom. The number of nitrogens with zero attached hydrogens (tertiary/aromatic N) is 1. The van der Waals surface area contributed by atoms with Gasteiger partial charge in [-0.25, -0.2) is 0 Å². The molecule has 0 aliphatic heterocycles. The third-order valence-corrected chi connectivity index (χ3v) is 4.91. The van der Waals surface area contributed by atoms with E-state index in [2.05, 4.69) is 35.2 Å². The lowest BCUT2D eigenvalue weighted by Crippen LogP contribution is -2.35. The van der Waals surface area contributed by atoms with Crippen molar-refractivity contribution in [2.45, 2.75) is 19.4 Å². The predicted octanol–water partition coefficient (Wildman–Crippen LogP) is 4.82. The van der Waals surface area contributed by atoms with Gasteiger partial charge in [-0.05, 0) is 60.4 Å². The zero-order chi connectivity index (χ0) is 15.4. The molecule has 0 bridgehead atoms. The molecule has 1 unspecified atom stereocenters. The number of carbonyl (C=O) groups is 1. The van der Waals surface area contributed by atoms with Crippen molar-refractivity contribution in [2.75, 3.05) is 19.1 Å². The SMILES string of the molecule is CSCCC(C)N(C)C(=O)c1ccc2cc(Br)ccc2c1. The van der Waals surface area contributed by atoms with Crippen molar-refractivity contribution in [2.24, 2.45) is 0 Å². The number of carbonyl (C=O) groups excluding carboxylic acids is 1. The zero-order valence-electron chi connectivity index (χ0n) is 12.6. The van der Waals surface area contributed by atoms with Crippen LogP contribution in [0.25, 0.3) is 10.8 Å². The summed E-state index contributed by atoms with van der Waals surface area (Å²) in [5.41, 5.74) is 0.753. The Hall–Kier alpha value is -1.00. The molecule has 2 aromatic carbocycles. The zero-order valence-corrected chi connectivity index (χ0v) is 15.0. The molecule has 0 saturated carbocycles. The third kappa shape index (κ3) is 4.01. The van der Waals surface area contributed by atoms with E-state index in [1.54, 1.807) is 0 Å². The minimum absolute atomic E-state index is 0.0911. The van der Waals surface area contributed by atoms with Gasteiger partial charge in [-0.2, -0.15) is 11.8 Å². The van der Waals surface area contributed by atoms with Crippen LogP contribution in [0.15, 0.2) is 40.9 Å². The minimum atomic E-state index is 0.0911. The molecule has 112 valence electrons. The summed E-state index contributed by atoms with van der Waals surface area (Å²) in [6, 6.07) is 12.2. The number of hydrogen-bond donors (Lipinski definition) is 0. The summed E-state index contributed by atoms with van der Waals surface area (Å²) >= 11 is 5.28. The largest absolute Gasteiger partial charge is 0.339 e. The second kappa shape index (κ2) is 7.32. The molecule has 0 spiro atoms. The van der Waals surface area contributed by atoms with Crippen molar-refractivity contribution in [3.63, 3.8) is 0 Å². The van der Waals surface area contributed by atoms with Crippen molar-refractivity contribution in [1.29, 1.82) is 0 Å². The van der Waals surface area contributed by atoms with Crippen molar-refractivity contribution >= 4 is 44.4 Å². The molecular weight excluding hydrogens is 346 g/mol. The van der Waals surface area contributed by atoms with Crippen LogP contribution in [0.2, 0.25) is 0 Å². The molecule has 0 fully saturated rings. The molecule has 1 atom stereocenters. The summed E-state index contributed by atoms with van der Waals surface area (Å²) in [6.45, 7) is 2.10. The molecule has 2 aromatic rings. The van der Waals surface area contributed by atoms with Gasteiger partial charge in [0.15, 0.2) is 0 Å². The molecule has 21 heavy (non-hydrogen) atoms. The summed E-state index contributed by atoms with van der Waals surface area (Å²) in [6.07, 6.45) is 3.11. The summed E-state index contributed by atoms with van der Waals surface area (Å²) in [5.74, 6) is 1.17. The van der Waals surface area contributed by atoms with Gasteiger partial charge in [0.2, 0.25) is 0 Å². The van der Waals surface area contributed by atoms with Crippen LogP contribution in [0.3, 0.4) is 0 Å². The Kier molecular flexibility index (Phi) is 5.71. The highest BCUT2D eigenvalue weighted by atomic mass is 79.9. The third-order valence-electron chi connectivity index (χ3n) is 3.77. The topological polar surface area (TPSA) is 20.3 Å². The van der Waals surface area contributed by atoms with E-state index in [0.29, 0.717) is 0 Å². The molecule has 0 aliphatic rings. The van der Waals surface area contributed by atoms with E-state index < -0.39 is 0 Å². The van der Waals surface area contributed by atoms with Crippen LogP contribution < -0.4 is 0 Å². The second-order valence-corrected chi connectivity index (χ2v) is 7.15. The molecular formula is C17H20BrNOS. The van der Waals surface area contributed by atoms with Gasteiger partial charge in [0, 0.05) is 23.1 Å². The first-order chi connectivity index (χ1) is 10.0. The van der Waals surface area contributed by atoms with Crippen LogP contribution in [0.4, 0.5) is 0 Å². The van der Waals surface area contributed by atoms with E-state index in [-0.39, 0.29) is 11.9 Å². The quantitative estimate of drug-likeness (QED) is 0.757. The van der Waals surface area contributed by atoms with Gasteiger partial charge in [0.05, 0.1) is 0 Å². The normalized spacial score (nSPS) is 12.4. The predicted molar refractivity (Wildman–Crippen MR) is 96.2 cm³/mol. The molecule has 0 radical (unpaired) electrons. The Labute approximate surface area is 139 Å². The molecule has 2 nitrogen and oxygen atoms in total. The highest BCUT2D eigenvalue weighted by molar-refractivity contribution is 9.10. The smallest absolute Gasteiger partial charge is 0.253 e. The van der Waals surface area contributed by atoms with E-state index in [4.69, 9.17) is 0 Å². The minimum Gasteiger partial charge on any atom is -0.339 e. The average Bonchev–Trinajstić information content (AvgIpc) is 2.50. The Morgan fingerprint density at radius 3 is 2.62 bits per heavy atom. The maximum Gasteiger partial charge on any atom is 0.253 e. The number of rotatable bonds is 5. The molecule has 1 amide bonds. The van der Waals surface area contributed by atoms with Crippen molar-refractivity contribution in [1.82, 2.24) is 4.90 Å². The average molecular weight is 366 g/mol. The first kappa shape index (κ1) is 16.4. The lowest BCUT2D eigenvalue weighted by atomic mass is 10.1. The molecule has 0 saturated heterocycles. The fourth-order valence-electron chi connectivity index (χ4n) is 2.24. The summed E-state index contributed by atoms with van der Waals surface area (Å²) in [7, 11) is 1.89. The van der Waals surface area contributed by atoms with Crippen molar-refractivity contribution in [3.05, 3.63) is 46.4 Å².